The van der Waals surface area contributed by atoms with E-state index in [-0.39, 0.29) is 0 Å². The van der Waals surface area contributed by atoms with Crippen molar-refractivity contribution in [3.63, 3.8) is 0 Å². The smallest absolute Gasteiger partial charge is 0.160 e. The van der Waals surface area contributed by atoms with Crippen LogP contribution in [0.4, 0.5) is 0 Å². The first-order valence-corrected chi connectivity index (χ1v) is 17.4. The van der Waals surface area contributed by atoms with Gasteiger partial charge in [0.2, 0.25) is 0 Å². The second-order valence-electron chi connectivity index (χ2n) is 13.1. The first-order chi connectivity index (χ1) is 25.7. The zero-order valence-electron chi connectivity index (χ0n) is 28.1. The number of hydrogen-bond donors (Lipinski definition) is 0. The predicted octanol–water partition coefficient (Wildman–Crippen LogP) is 12.2. The molecule has 0 bridgehead atoms. The average Bonchev–Trinajstić information content (AvgIpc) is 3.23. The minimum Gasteiger partial charge on any atom is -0.256 e. The molecule has 3 heterocycles. The van der Waals surface area contributed by atoms with E-state index < -0.39 is 0 Å². The molecule has 7 aromatic carbocycles. The quantitative estimate of drug-likeness (QED) is 0.172. The summed E-state index contributed by atoms with van der Waals surface area (Å²) in [5.74, 6) is 0.685. The lowest BCUT2D eigenvalue weighted by molar-refractivity contribution is 1.19. The van der Waals surface area contributed by atoms with Gasteiger partial charge in [0.15, 0.2) is 5.82 Å². The number of hydrogen-bond acceptors (Lipinski definition) is 4. The van der Waals surface area contributed by atoms with Crippen LogP contribution in [0.1, 0.15) is 0 Å². The van der Waals surface area contributed by atoms with Crippen molar-refractivity contribution in [2.45, 2.75) is 0 Å². The number of nitrogens with zero attached hydrogens (tertiary/aromatic N) is 4. The zero-order valence-corrected chi connectivity index (χ0v) is 28.1. The Morgan fingerprint density at radius 3 is 1.46 bits per heavy atom. The summed E-state index contributed by atoms with van der Waals surface area (Å²) in [5.41, 5.74) is 11.4. The molecule has 10 aromatic rings. The van der Waals surface area contributed by atoms with Gasteiger partial charge in [-0.2, -0.15) is 0 Å². The van der Waals surface area contributed by atoms with Crippen molar-refractivity contribution >= 4 is 43.4 Å². The second kappa shape index (κ2) is 12.4. The maximum Gasteiger partial charge on any atom is 0.160 e. The molecule has 0 amide bonds. The molecule has 4 nitrogen and oxygen atoms in total. The highest BCUT2D eigenvalue weighted by Crippen LogP contribution is 2.37. The van der Waals surface area contributed by atoms with Gasteiger partial charge < -0.3 is 0 Å². The summed E-state index contributed by atoms with van der Waals surface area (Å²) in [5, 5.41) is 7.04. The molecule has 0 aliphatic carbocycles. The van der Waals surface area contributed by atoms with Gasteiger partial charge in [0, 0.05) is 39.9 Å². The van der Waals surface area contributed by atoms with E-state index in [1.807, 2.05) is 24.5 Å². The monoisotopic (exact) mass is 662 g/mol. The van der Waals surface area contributed by atoms with E-state index in [1.54, 1.807) is 0 Å². The van der Waals surface area contributed by atoms with Crippen molar-refractivity contribution in [2.75, 3.05) is 0 Å². The number of rotatable bonds is 5. The molecule has 0 aliphatic rings. The first kappa shape index (κ1) is 29.8. The van der Waals surface area contributed by atoms with Gasteiger partial charge in [-0.3, -0.25) is 9.97 Å². The van der Waals surface area contributed by atoms with Crippen LogP contribution in [-0.4, -0.2) is 19.9 Å². The Hall–Kier alpha value is -7.04. The summed E-state index contributed by atoms with van der Waals surface area (Å²) in [4.78, 5) is 19.4. The van der Waals surface area contributed by atoms with Gasteiger partial charge in [0.05, 0.1) is 22.4 Å². The van der Waals surface area contributed by atoms with Gasteiger partial charge in [0.25, 0.3) is 0 Å². The summed E-state index contributed by atoms with van der Waals surface area (Å²) in [7, 11) is 0. The summed E-state index contributed by atoms with van der Waals surface area (Å²) >= 11 is 0. The van der Waals surface area contributed by atoms with E-state index in [0.717, 1.165) is 72.1 Å². The van der Waals surface area contributed by atoms with Crippen LogP contribution in [0.2, 0.25) is 0 Å². The van der Waals surface area contributed by atoms with E-state index in [4.69, 9.17) is 9.97 Å². The molecule has 0 unspecified atom stereocenters. The highest BCUT2D eigenvalue weighted by atomic mass is 14.9. The number of benzene rings is 7. The second-order valence-corrected chi connectivity index (χ2v) is 13.1. The fourth-order valence-corrected chi connectivity index (χ4v) is 7.28. The summed E-state index contributed by atoms with van der Waals surface area (Å²) < 4.78 is 0. The van der Waals surface area contributed by atoms with Crippen LogP contribution in [0.25, 0.3) is 99.5 Å². The molecule has 0 saturated carbocycles. The fraction of sp³-hybridized carbons (Fsp3) is 0. The van der Waals surface area contributed by atoms with E-state index in [9.17, 15) is 0 Å². The van der Waals surface area contributed by atoms with Crippen molar-refractivity contribution in [1.82, 2.24) is 19.9 Å². The largest absolute Gasteiger partial charge is 0.256 e. The molecular formula is C48H30N4. The molecule has 0 aliphatic heterocycles. The standard InChI is InChI=1S/C48H30N4/c1-2-10-40-37(7-1)29-43(42-12-4-3-11-41(40)42)47-30-46(33-17-13-31(14-18-33)35-21-23-44-38(27-35)8-5-25-49-44)51-48(52-47)34-19-15-32(16-20-34)36-22-24-45-39(28-36)9-6-26-50-45/h1-30H. The van der Waals surface area contributed by atoms with E-state index in [0.29, 0.717) is 5.82 Å². The maximum atomic E-state index is 5.27. The van der Waals surface area contributed by atoms with Gasteiger partial charge in [-0.05, 0) is 92.3 Å². The number of fused-ring (bicyclic) bond motifs is 5. The summed E-state index contributed by atoms with van der Waals surface area (Å²) in [6.07, 6.45) is 3.66. The fourth-order valence-electron chi connectivity index (χ4n) is 7.28. The molecule has 0 atom stereocenters. The van der Waals surface area contributed by atoms with Crippen LogP contribution >= 0.6 is 0 Å². The van der Waals surface area contributed by atoms with Crippen LogP contribution in [0.5, 0.6) is 0 Å². The molecule has 0 fully saturated rings. The minimum absolute atomic E-state index is 0.685. The molecule has 0 radical (unpaired) electrons. The Morgan fingerprint density at radius 2 is 0.808 bits per heavy atom. The van der Waals surface area contributed by atoms with Gasteiger partial charge in [-0.25, -0.2) is 9.97 Å². The predicted molar refractivity (Wildman–Crippen MR) is 215 cm³/mol. The molecule has 0 saturated heterocycles. The van der Waals surface area contributed by atoms with Gasteiger partial charge in [0.1, 0.15) is 0 Å². The SMILES string of the molecule is c1cnc2ccc(-c3ccc(-c4cc(-c5cc6ccccc6c6ccccc56)nc(-c5ccc(-c6ccc7ncccc7c6)cc5)n4)cc3)cc2c1. The summed E-state index contributed by atoms with van der Waals surface area (Å²) in [6.45, 7) is 0. The van der Waals surface area contributed by atoms with E-state index in [1.165, 1.54) is 21.5 Å². The van der Waals surface area contributed by atoms with E-state index in [2.05, 4.69) is 168 Å². The number of pyridine rings is 2. The third-order valence-electron chi connectivity index (χ3n) is 9.97. The van der Waals surface area contributed by atoms with Crippen molar-refractivity contribution in [1.29, 1.82) is 0 Å². The van der Waals surface area contributed by atoms with Crippen LogP contribution < -0.4 is 0 Å². The highest BCUT2D eigenvalue weighted by Gasteiger charge is 2.15. The van der Waals surface area contributed by atoms with Gasteiger partial charge in [-0.1, -0.05) is 121 Å². The normalized spacial score (nSPS) is 11.5. The zero-order chi connectivity index (χ0) is 34.4. The van der Waals surface area contributed by atoms with Crippen LogP contribution in [-0.2, 0) is 0 Å². The van der Waals surface area contributed by atoms with E-state index >= 15 is 0 Å². The van der Waals surface area contributed by atoms with Crippen molar-refractivity contribution < 1.29 is 0 Å². The lowest BCUT2D eigenvalue weighted by Crippen LogP contribution is -1.97. The molecule has 0 spiro atoms. The summed E-state index contributed by atoms with van der Waals surface area (Å²) in [6, 6.07) is 59.8. The van der Waals surface area contributed by atoms with Crippen molar-refractivity contribution in [3.05, 3.63) is 182 Å². The molecule has 52 heavy (non-hydrogen) atoms. The Kier molecular flexibility index (Phi) is 7.10. The topological polar surface area (TPSA) is 51.6 Å². The maximum absolute atomic E-state index is 5.27. The lowest BCUT2D eigenvalue weighted by Gasteiger charge is -2.14. The molecule has 4 heteroatoms. The number of aromatic nitrogens is 4. The molecule has 3 aromatic heterocycles. The Balaban J connectivity index is 1.10. The molecular weight excluding hydrogens is 633 g/mol. The molecule has 0 N–H and O–H groups in total. The molecule has 10 rings (SSSR count). The highest BCUT2D eigenvalue weighted by molar-refractivity contribution is 6.13. The van der Waals surface area contributed by atoms with Gasteiger partial charge >= 0.3 is 0 Å². The van der Waals surface area contributed by atoms with Crippen LogP contribution in [0, 0.1) is 0 Å². The van der Waals surface area contributed by atoms with Crippen LogP contribution in [0.3, 0.4) is 0 Å². The van der Waals surface area contributed by atoms with Crippen LogP contribution in [0.15, 0.2) is 182 Å². The Labute approximate surface area is 300 Å². The van der Waals surface area contributed by atoms with Crippen molar-refractivity contribution in [3.8, 4) is 56.2 Å². The Bertz CT molecular complexity index is 2810. The van der Waals surface area contributed by atoms with Gasteiger partial charge in [-0.15, -0.1) is 0 Å². The molecule has 242 valence electrons. The lowest BCUT2D eigenvalue weighted by atomic mass is 9.94. The first-order valence-electron chi connectivity index (χ1n) is 17.4. The van der Waals surface area contributed by atoms with Crippen molar-refractivity contribution in [2.24, 2.45) is 0 Å². The average molecular weight is 663 g/mol. The minimum atomic E-state index is 0.685. The third-order valence-corrected chi connectivity index (χ3v) is 9.97. The third kappa shape index (κ3) is 5.34. The Morgan fingerprint density at radius 1 is 0.308 bits per heavy atom.